The van der Waals surface area contributed by atoms with Gasteiger partial charge in [0.2, 0.25) is 0 Å². The molecular formula is C10H14BrClN2O4. The van der Waals surface area contributed by atoms with Crippen molar-refractivity contribution in [3.8, 4) is 5.75 Å². The summed E-state index contributed by atoms with van der Waals surface area (Å²) in [5.41, 5.74) is 5.73. The Balaban J connectivity index is 0.00000289. The van der Waals surface area contributed by atoms with Gasteiger partial charge in [0.15, 0.2) is 5.75 Å². The summed E-state index contributed by atoms with van der Waals surface area (Å²) in [6.07, 6.45) is 0.915. The lowest BCUT2D eigenvalue weighted by Gasteiger charge is -2.13. The molecule has 1 rings (SSSR count). The van der Waals surface area contributed by atoms with Crippen LogP contribution in [0.25, 0.3) is 0 Å². The Morgan fingerprint density at radius 3 is 2.61 bits per heavy atom. The predicted octanol–water partition coefficient (Wildman–Crippen LogP) is 2.26. The van der Waals surface area contributed by atoms with Gasteiger partial charge in [0.05, 0.1) is 4.92 Å². The summed E-state index contributed by atoms with van der Waals surface area (Å²) in [6.45, 7) is -0.00937. The van der Waals surface area contributed by atoms with Crippen LogP contribution < -0.4 is 5.73 Å². The maximum absolute atomic E-state index is 10.7. The van der Waals surface area contributed by atoms with Gasteiger partial charge < -0.3 is 15.9 Å². The summed E-state index contributed by atoms with van der Waals surface area (Å²) in [6, 6.07) is 2.22. The molecule has 0 heterocycles. The van der Waals surface area contributed by atoms with Crippen molar-refractivity contribution in [3.05, 3.63) is 32.3 Å². The van der Waals surface area contributed by atoms with E-state index in [-0.39, 0.29) is 24.7 Å². The number of nitro benzene ring substituents is 1. The van der Waals surface area contributed by atoms with Crippen LogP contribution in [-0.2, 0) is 0 Å². The van der Waals surface area contributed by atoms with Crippen LogP contribution in [0.5, 0.6) is 5.75 Å². The summed E-state index contributed by atoms with van der Waals surface area (Å²) < 4.78 is 0.483. The minimum Gasteiger partial charge on any atom is -0.502 e. The Morgan fingerprint density at radius 2 is 2.11 bits per heavy atom. The molecule has 8 heteroatoms. The zero-order valence-corrected chi connectivity index (χ0v) is 11.8. The highest BCUT2D eigenvalue weighted by atomic mass is 79.9. The van der Waals surface area contributed by atoms with Crippen molar-refractivity contribution < 1.29 is 15.1 Å². The van der Waals surface area contributed by atoms with Gasteiger partial charge in [0, 0.05) is 28.8 Å². The number of aliphatic hydroxyl groups is 1. The van der Waals surface area contributed by atoms with Crippen LogP contribution in [0.2, 0.25) is 0 Å². The van der Waals surface area contributed by atoms with E-state index in [1.807, 2.05) is 0 Å². The number of phenols is 1. The highest BCUT2D eigenvalue weighted by Gasteiger charge is 2.21. The molecule has 0 amide bonds. The summed E-state index contributed by atoms with van der Waals surface area (Å²) >= 11 is 3.13. The molecule has 0 radical (unpaired) electrons. The number of nitrogens with two attached hydrogens (primary N) is 1. The second-order valence-corrected chi connectivity index (χ2v) is 4.51. The highest BCUT2D eigenvalue weighted by molar-refractivity contribution is 9.10. The van der Waals surface area contributed by atoms with Crippen molar-refractivity contribution in [2.45, 2.75) is 18.9 Å². The van der Waals surface area contributed by atoms with Crippen molar-refractivity contribution in [2.75, 3.05) is 6.61 Å². The first-order chi connectivity index (χ1) is 7.97. The van der Waals surface area contributed by atoms with E-state index in [0.717, 1.165) is 0 Å². The van der Waals surface area contributed by atoms with E-state index in [1.165, 1.54) is 6.07 Å². The fraction of sp³-hybridized carbons (Fsp3) is 0.400. The van der Waals surface area contributed by atoms with E-state index >= 15 is 0 Å². The minimum atomic E-state index is -0.664. The van der Waals surface area contributed by atoms with Gasteiger partial charge in [-0.3, -0.25) is 10.1 Å². The van der Waals surface area contributed by atoms with E-state index in [4.69, 9.17) is 10.8 Å². The van der Waals surface area contributed by atoms with Gasteiger partial charge in [-0.15, -0.1) is 12.4 Å². The number of phenolic OH excluding ortho intramolecular Hbond substituents is 1. The fourth-order valence-electron chi connectivity index (χ4n) is 1.49. The van der Waals surface area contributed by atoms with Crippen molar-refractivity contribution in [1.29, 1.82) is 0 Å². The summed E-state index contributed by atoms with van der Waals surface area (Å²) in [5, 5.41) is 29.1. The Kier molecular flexibility index (Phi) is 7.15. The van der Waals surface area contributed by atoms with Gasteiger partial charge in [0.1, 0.15) is 0 Å². The number of rotatable bonds is 5. The molecule has 0 fully saturated rings. The molecule has 0 aliphatic heterocycles. The van der Waals surface area contributed by atoms with E-state index in [9.17, 15) is 15.2 Å². The first-order valence-corrected chi connectivity index (χ1v) is 5.80. The Morgan fingerprint density at radius 1 is 1.50 bits per heavy atom. The second-order valence-electron chi connectivity index (χ2n) is 3.59. The zero-order valence-electron chi connectivity index (χ0n) is 9.38. The lowest BCUT2D eigenvalue weighted by atomic mass is 10.0. The Bertz CT molecular complexity index is 431. The molecule has 0 unspecified atom stereocenters. The summed E-state index contributed by atoms with van der Waals surface area (Å²) in [4.78, 5) is 10.0. The van der Waals surface area contributed by atoms with Gasteiger partial charge >= 0.3 is 5.69 Å². The van der Waals surface area contributed by atoms with E-state index in [1.54, 1.807) is 6.07 Å². The number of benzene rings is 1. The van der Waals surface area contributed by atoms with Crippen LogP contribution in [0.1, 0.15) is 24.4 Å². The van der Waals surface area contributed by atoms with Crippen molar-refractivity contribution in [1.82, 2.24) is 0 Å². The van der Waals surface area contributed by atoms with Crippen molar-refractivity contribution >= 4 is 34.0 Å². The largest absolute Gasteiger partial charge is 0.502 e. The zero-order chi connectivity index (χ0) is 13.0. The van der Waals surface area contributed by atoms with Crippen LogP contribution in [-0.4, -0.2) is 21.7 Å². The number of aliphatic hydroxyl groups excluding tert-OH is 1. The third-order valence-corrected chi connectivity index (χ3v) is 2.81. The maximum Gasteiger partial charge on any atom is 0.312 e. The second kappa shape index (κ2) is 7.52. The molecule has 1 atom stereocenters. The van der Waals surface area contributed by atoms with E-state index < -0.39 is 16.7 Å². The van der Waals surface area contributed by atoms with Gasteiger partial charge in [-0.2, -0.15) is 0 Å². The molecule has 4 N–H and O–H groups in total. The quantitative estimate of drug-likeness (QED) is 0.562. The normalized spacial score (nSPS) is 11.7. The molecule has 1 aromatic rings. The standard InChI is InChI=1S/C10H13BrN2O4.ClH/c11-6-4-7(8(12)2-1-3-14)10(15)9(5-6)13(16)17;/h4-5,8,14-15H,1-3,12H2;1H/t8-;/m1./s1. The molecule has 1 aromatic carbocycles. The fourth-order valence-corrected chi connectivity index (χ4v) is 1.96. The van der Waals surface area contributed by atoms with Crippen molar-refractivity contribution in [3.63, 3.8) is 0 Å². The molecule has 0 saturated heterocycles. The lowest BCUT2D eigenvalue weighted by Crippen LogP contribution is -2.11. The molecule has 0 aliphatic rings. The number of hydrogen-bond acceptors (Lipinski definition) is 5. The first-order valence-electron chi connectivity index (χ1n) is 5.00. The SMILES string of the molecule is Cl.N[C@H](CCCO)c1cc(Br)cc([N+](=O)[O-])c1O. The van der Waals surface area contributed by atoms with E-state index in [0.29, 0.717) is 22.9 Å². The average Bonchev–Trinajstić information content (AvgIpc) is 2.28. The number of hydrogen-bond donors (Lipinski definition) is 3. The van der Waals surface area contributed by atoms with Crippen LogP contribution in [0.4, 0.5) is 5.69 Å². The monoisotopic (exact) mass is 340 g/mol. The van der Waals surface area contributed by atoms with Gasteiger partial charge in [0.25, 0.3) is 0 Å². The molecule has 102 valence electrons. The number of nitrogens with zero attached hydrogens (tertiary/aromatic N) is 1. The first kappa shape index (κ1) is 17.1. The molecular weight excluding hydrogens is 327 g/mol. The number of nitro groups is 1. The summed E-state index contributed by atoms with van der Waals surface area (Å²) in [5.74, 6) is -0.413. The molecule has 0 spiro atoms. The topological polar surface area (TPSA) is 110 Å². The molecule has 6 nitrogen and oxygen atoms in total. The van der Waals surface area contributed by atoms with Gasteiger partial charge in [-0.1, -0.05) is 15.9 Å². The Hall–Kier alpha value is -0.890. The Labute approximate surface area is 118 Å². The molecule has 0 bridgehead atoms. The lowest BCUT2D eigenvalue weighted by molar-refractivity contribution is -0.386. The van der Waals surface area contributed by atoms with Gasteiger partial charge in [-0.05, 0) is 18.9 Å². The molecule has 0 saturated carbocycles. The molecule has 0 aliphatic carbocycles. The van der Waals surface area contributed by atoms with E-state index in [2.05, 4.69) is 15.9 Å². The maximum atomic E-state index is 10.7. The minimum absolute atomic E-state index is 0. The van der Waals surface area contributed by atoms with Gasteiger partial charge in [-0.25, -0.2) is 0 Å². The molecule has 0 aromatic heterocycles. The van der Waals surface area contributed by atoms with Crippen LogP contribution in [0.15, 0.2) is 16.6 Å². The predicted molar refractivity (Wildman–Crippen MR) is 73.0 cm³/mol. The third-order valence-electron chi connectivity index (χ3n) is 2.35. The van der Waals surface area contributed by atoms with Crippen LogP contribution >= 0.6 is 28.3 Å². The van der Waals surface area contributed by atoms with Crippen LogP contribution in [0.3, 0.4) is 0 Å². The molecule has 18 heavy (non-hydrogen) atoms. The number of aromatic hydroxyl groups is 1. The highest BCUT2D eigenvalue weighted by Crippen LogP contribution is 2.37. The van der Waals surface area contributed by atoms with Crippen molar-refractivity contribution in [2.24, 2.45) is 5.73 Å². The number of halogens is 2. The third kappa shape index (κ3) is 4.09. The summed E-state index contributed by atoms with van der Waals surface area (Å²) in [7, 11) is 0. The van der Waals surface area contributed by atoms with Crippen LogP contribution in [0, 0.1) is 10.1 Å². The average molecular weight is 342 g/mol. The smallest absolute Gasteiger partial charge is 0.312 e.